The van der Waals surface area contributed by atoms with Crippen molar-refractivity contribution < 1.29 is 18.1 Å². The molecule has 0 bridgehead atoms. The number of fused-ring (bicyclic) bond motifs is 1. The number of rotatable bonds is 1. The number of hydrogen-bond donors (Lipinski definition) is 0. The first kappa shape index (κ1) is 12.5. The van der Waals surface area contributed by atoms with E-state index in [0.717, 1.165) is 12.1 Å². The molecule has 5 nitrogen and oxygen atoms in total. The number of nitro benzene ring substituents is 1. The summed E-state index contributed by atoms with van der Waals surface area (Å²) in [7, 11) is 0. The molecule has 0 radical (unpaired) electrons. The lowest BCUT2D eigenvalue weighted by Crippen LogP contribution is -2.11. The molecule has 0 unspecified atom stereocenters. The number of alkyl halides is 3. The van der Waals surface area contributed by atoms with Crippen LogP contribution in [-0.4, -0.2) is 14.9 Å². The van der Waals surface area contributed by atoms with E-state index in [9.17, 15) is 23.3 Å². The van der Waals surface area contributed by atoms with Gasteiger partial charge in [-0.1, -0.05) is 11.6 Å². The number of hydrogen-bond acceptors (Lipinski definition) is 4. The van der Waals surface area contributed by atoms with Gasteiger partial charge in [0.25, 0.3) is 5.69 Å². The molecule has 1 heterocycles. The van der Waals surface area contributed by atoms with Gasteiger partial charge in [-0.2, -0.15) is 13.2 Å². The minimum atomic E-state index is -4.76. The van der Waals surface area contributed by atoms with Gasteiger partial charge in [0.15, 0.2) is 0 Å². The normalized spacial score (nSPS) is 11.8. The molecule has 0 atom stereocenters. The quantitative estimate of drug-likeness (QED) is 0.456. The lowest BCUT2D eigenvalue weighted by atomic mass is 10.2. The average Bonchev–Trinajstić information content (AvgIpc) is 2.26. The van der Waals surface area contributed by atoms with Gasteiger partial charge < -0.3 is 0 Å². The summed E-state index contributed by atoms with van der Waals surface area (Å²) in [6.07, 6.45) is -4.76. The second-order valence-electron chi connectivity index (χ2n) is 3.29. The zero-order valence-electron chi connectivity index (χ0n) is 8.40. The van der Waals surface area contributed by atoms with Crippen LogP contribution in [0.3, 0.4) is 0 Å². The SMILES string of the molecule is O=[N+]([O-])c1ccc2c(Cl)nc(C(F)(F)F)nc2c1. The number of halogens is 4. The minimum Gasteiger partial charge on any atom is -0.258 e. The summed E-state index contributed by atoms with van der Waals surface area (Å²) in [6, 6.07) is 3.24. The van der Waals surface area contributed by atoms with Gasteiger partial charge in [0.2, 0.25) is 5.82 Å². The molecule has 9 heteroatoms. The van der Waals surface area contributed by atoms with E-state index >= 15 is 0 Å². The standard InChI is InChI=1S/C9H3ClF3N3O2/c10-7-5-2-1-4(16(17)18)3-6(5)14-8(15-7)9(11,12)13/h1-3H. The number of non-ortho nitro benzene ring substituents is 1. The van der Waals surface area contributed by atoms with Crippen molar-refractivity contribution in [1.29, 1.82) is 0 Å². The Balaban J connectivity index is 2.72. The predicted molar refractivity (Wildman–Crippen MR) is 56.2 cm³/mol. The zero-order chi connectivity index (χ0) is 13.5. The molecule has 0 N–H and O–H groups in total. The first-order chi connectivity index (χ1) is 8.29. The number of aromatic nitrogens is 2. The monoisotopic (exact) mass is 277 g/mol. The zero-order valence-corrected chi connectivity index (χ0v) is 9.16. The molecule has 1 aromatic carbocycles. The highest BCUT2D eigenvalue weighted by molar-refractivity contribution is 6.34. The van der Waals surface area contributed by atoms with Crippen molar-refractivity contribution in [2.75, 3.05) is 0 Å². The predicted octanol–water partition coefficient (Wildman–Crippen LogP) is 3.21. The molecule has 0 aliphatic carbocycles. The fourth-order valence-electron chi connectivity index (χ4n) is 1.32. The summed E-state index contributed by atoms with van der Waals surface area (Å²) in [5.41, 5.74) is -0.595. The van der Waals surface area contributed by atoms with Crippen molar-refractivity contribution in [3.05, 3.63) is 39.3 Å². The largest absolute Gasteiger partial charge is 0.451 e. The third-order valence-corrected chi connectivity index (χ3v) is 2.39. The molecule has 0 saturated heterocycles. The number of nitro groups is 1. The molecule has 0 saturated carbocycles. The summed E-state index contributed by atoms with van der Waals surface area (Å²) >= 11 is 5.58. The highest BCUT2D eigenvalue weighted by Gasteiger charge is 2.35. The lowest BCUT2D eigenvalue weighted by Gasteiger charge is -2.06. The van der Waals surface area contributed by atoms with Crippen LogP contribution in [0.25, 0.3) is 10.9 Å². The van der Waals surface area contributed by atoms with Crippen LogP contribution >= 0.6 is 11.6 Å². The van der Waals surface area contributed by atoms with Crippen LogP contribution in [0.15, 0.2) is 18.2 Å². The Morgan fingerprint density at radius 1 is 1.28 bits per heavy atom. The second kappa shape index (κ2) is 4.05. The van der Waals surface area contributed by atoms with Crippen molar-refractivity contribution in [3.8, 4) is 0 Å². The van der Waals surface area contributed by atoms with Crippen LogP contribution in [0.2, 0.25) is 5.15 Å². The van der Waals surface area contributed by atoms with Crippen molar-refractivity contribution >= 4 is 28.2 Å². The van der Waals surface area contributed by atoms with Crippen LogP contribution in [0.5, 0.6) is 0 Å². The molecule has 2 rings (SSSR count). The molecule has 0 aliphatic heterocycles. The number of nitrogens with zero attached hydrogens (tertiary/aromatic N) is 3. The highest BCUT2D eigenvalue weighted by atomic mass is 35.5. The van der Waals surface area contributed by atoms with Gasteiger partial charge >= 0.3 is 6.18 Å². The van der Waals surface area contributed by atoms with Crippen LogP contribution in [0, 0.1) is 10.1 Å². The Hall–Kier alpha value is -1.96. The van der Waals surface area contributed by atoms with Gasteiger partial charge in [-0.15, -0.1) is 0 Å². The molecule has 94 valence electrons. The van der Waals surface area contributed by atoms with E-state index in [0.29, 0.717) is 0 Å². The van der Waals surface area contributed by atoms with Gasteiger partial charge in [-0.3, -0.25) is 10.1 Å². The molecule has 0 amide bonds. The smallest absolute Gasteiger partial charge is 0.258 e. The molecular formula is C9H3ClF3N3O2. The Kier molecular flexibility index (Phi) is 2.81. The Morgan fingerprint density at radius 2 is 1.94 bits per heavy atom. The Morgan fingerprint density at radius 3 is 2.50 bits per heavy atom. The molecule has 18 heavy (non-hydrogen) atoms. The first-order valence-electron chi connectivity index (χ1n) is 4.48. The van der Waals surface area contributed by atoms with Crippen molar-refractivity contribution in [2.24, 2.45) is 0 Å². The van der Waals surface area contributed by atoms with Crippen LogP contribution in [-0.2, 0) is 6.18 Å². The molecule has 0 spiro atoms. The Labute approximate surface area is 102 Å². The summed E-state index contributed by atoms with van der Waals surface area (Å²) < 4.78 is 37.3. The minimum absolute atomic E-state index is 0.121. The van der Waals surface area contributed by atoms with E-state index in [4.69, 9.17) is 11.6 Å². The maximum absolute atomic E-state index is 12.4. The van der Waals surface area contributed by atoms with E-state index in [2.05, 4.69) is 9.97 Å². The van der Waals surface area contributed by atoms with E-state index < -0.39 is 22.1 Å². The van der Waals surface area contributed by atoms with E-state index in [1.165, 1.54) is 6.07 Å². The summed E-state index contributed by atoms with van der Waals surface area (Å²) in [5.74, 6) is -1.43. The number of benzene rings is 1. The summed E-state index contributed by atoms with van der Waals surface area (Å²) in [6.45, 7) is 0. The molecule has 0 fully saturated rings. The van der Waals surface area contributed by atoms with Crippen LogP contribution < -0.4 is 0 Å². The van der Waals surface area contributed by atoms with Crippen LogP contribution in [0.1, 0.15) is 5.82 Å². The van der Waals surface area contributed by atoms with E-state index in [1.807, 2.05) is 0 Å². The maximum atomic E-state index is 12.4. The lowest BCUT2D eigenvalue weighted by molar-refractivity contribution is -0.384. The fourth-order valence-corrected chi connectivity index (χ4v) is 1.56. The van der Waals surface area contributed by atoms with Crippen molar-refractivity contribution in [1.82, 2.24) is 9.97 Å². The first-order valence-corrected chi connectivity index (χ1v) is 4.86. The van der Waals surface area contributed by atoms with Gasteiger partial charge in [0, 0.05) is 17.5 Å². The molecular weight excluding hydrogens is 275 g/mol. The fraction of sp³-hybridized carbons (Fsp3) is 0.111. The van der Waals surface area contributed by atoms with Crippen molar-refractivity contribution in [3.63, 3.8) is 0 Å². The Bertz CT molecular complexity index is 645. The average molecular weight is 278 g/mol. The summed E-state index contributed by atoms with van der Waals surface area (Å²) in [5, 5.41) is 10.2. The second-order valence-corrected chi connectivity index (χ2v) is 3.65. The van der Waals surface area contributed by atoms with Gasteiger partial charge in [-0.25, -0.2) is 9.97 Å². The summed E-state index contributed by atoms with van der Waals surface area (Å²) in [4.78, 5) is 16.1. The van der Waals surface area contributed by atoms with Gasteiger partial charge in [0.1, 0.15) is 5.15 Å². The van der Waals surface area contributed by atoms with Crippen LogP contribution in [0.4, 0.5) is 18.9 Å². The molecule has 0 aliphatic rings. The highest BCUT2D eigenvalue weighted by Crippen LogP contribution is 2.31. The van der Waals surface area contributed by atoms with Gasteiger partial charge in [0.05, 0.1) is 10.4 Å². The van der Waals surface area contributed by atoms with E-state index in [1.54, 1.807) is 0 Å². The van der Waals surface area contributed by atoms with E-state index in [-0.39, 0.29) is 16.6 Å². The van der Waals surface area contributed by atoms with Gasteiger partial charge in [-0.05, 0) is 6.07 Å². The molecule has 1 aromatic heterocycles. The maximum Gasteiger partial charge on any atom is 0.451 e. The topological polar surface area (TPSA) is 68.9 Å². The third kappa shape index (κ3) is 2.19. The molecule has 2 aromatic rings. The van der Waals surface area contributed by atoms with Crippen molar-refractivity contribution in [2.45, 2.75) is 6.18 Å². The third-order valence-electron chi connectivity index (χ3n) is 2.10.